The Bertz CT molecular complexity index is 770. The average Bonchev–Trinajstić information content (AvgIpc) is 2.95. The van der Waals surface area contributed by atoms with Crippen LogP contribution < -0.4 is 4.90 Å². The van der Waals surface area contributed by atoms with Crippen LogP contribution >= 0.6 is 0 Å². The number of ketones is 1. The number of aryl methyl sites for hydroxylation is 1. The van der Waals surface area contributed by atoms with Crippen molar-refractivity contribution in [3.8, 4) is 0 Å². The minimum Gasteiger partial charge on any atom is -0.312 e. The number of fused-ring (bicyclic) bond motifs is 1. The van der Waals surface area contributed by atoms with E-state index in [2.05, 4.69) is 0 Å². The molecule has 0 atom stereocenters. The first-order valence-corrected chi connectivity index (χ1v) is 7.73. The highest BCUT2D eigenvalue weighted by Crippen LogP contribution is 2.29. The van der Waals surface area contributed by atoms with Crippen LogP contribution in [0.1, 0.15) is 34.8 Å². The SMILES string of the molecule is CC(=O)c1ccc2c(c1)CCN2C(=O)CCc1cccc(F)c1. The average molecular weight is 311 g/mol. The molecule has 118 valence electrons. The van der Waals surface area contributed by atoms with Crippen LogP contribution in [-0.4, -0.2) is 18.2 Å². The first-order chi connectivity index (χ1) is 11.0. The molecule has 0 aromatic heterocycles. The highest BCUT2D eigenvalue weighted by molar-refractivity contribution is 5.98. The summed E-state index contributed by atoms with van der Waals surface area (Å²) in [6, 6.07) is 11.8. The molecule has 1 aliphatic heterocycles. The maximum atomic E-state index is 13.2. The van der Waals surface area contributed by atoms with Gasteiger partial charge in [-0.1, -0.05) is 12.1 Å². The molecular formula is C19H18FNO2. The predicted octanol–water partition coefficient (Wildman–Crippen LogP) is 3.55. The molecule has 2 aromatic rings. The van der Waals surface area contributed by atoms with Crippen LogP contribution in [-0.2, 0) is 17.6 Å². The molecule has 2 aromatic carbocycles. The van der Waals surface area contributed by atoms with Gasteiger partial charge in [-0.3, -0.25) is 9.59 Å². The molecule has 3 rings (SSSR count). The molecule has 1 aliphatic rings. The second-order valence-electron chi connectivity index (χ2n) is 5.82. The summed E-state index contributed by atoms with van der Waals surface area (Å²) in [4.78, 5) is 25.6. The standard InChI is InChI=1S/C19H18FNO2/c1-13(22)15-6-7-18-16(12-15)9-10-21(18)19(23)8-5-14-3-2-4-17(20)11-14/h2-4,6-7,11-12H,5,8-10H2,1H3. The Hall–Kier alpha value is -2.49. The zero-order valence-corrected chi connectivity index (χ0v) is 13.0. The van der Waals surface area contributed by atoms with Crippen molar-refractivity contribution in [2.75, 3.05) is 11.4 Å². The molecule has 1 amide bonds. The second kappa shape index (κ2) is 6.32. The number of halogens is 1. The third-order valence-corrected chi connectivity index (χ3v) is 4.20. The third-order valence-electron chi connectivity index (χ3n) is 4.20. The minimum atomic E-state index is -0.279. The van der Waals surface area contributed by atoms with Gasteiger partial charge in [-0.2, -0.15) is 0 Å². The molecule has 0 saturated carbocycles. The van der Waals surface area contributed by atoms with Gasteiger partial charge in [0.2, 0.25) is 5.91 Å². The molecule has 0 aliphatic carbocycles. The van der Waals surface area contributed by atoms with E-state index in [1.807, 2.05) is 18.2 Å². The lowest BCUT2D eigenvalue weighted by Crippen LogP contribution is -2.29. The molecule has 0 spiro atoms. The van der Waals surface area contributed by atoms with E-state index in [0.717, 1.165) is 23.2 Å². The fourth-order valence-corrected chi connectivity index (χ4v) is 2.96. The van der Waals surface area contributed by atoms with E-state index in [1.165, 1.54) is 12.1 Å². The Morgan fingerprint density at radius 3 is 2.74 bits per heavy atom. The number of benzene rings is 2. The van der Waals surface area contributed by atoms with Gasteiger partial charge in [0, 0.05) is 24.2 Å². The third kappa shape index (κ3) is 3.31. The van der Waals surface area contributed by atoms with Gasteiger partial charge in [-0.25, -0.2) is 4.39 Å². The summed E-state index contributed by atoms with van der Waals surface area (Å²) < 4.78 is 13.2. The minimum absolute atomic E-state index is 0.0311. The Morgan fingerprint density at radius 2 is 2.00 bits per heavy atom. The van der Waals surface area contributed by atoms with Gasteiger partial charge in [-0.15, -0.1) is 0 Å². The van der Waals surface area contributed by atoms with Crippen LogP contribution in [0, 0.1) is 5.82 Å². The number of carbonyl (C=O) groups is 2. The summed E-state index contributed by atoms with van der Waals surface area (Å²) >= 11 is 0. The summed E-state index contributed by atoms with van der Waals surface area (Å²) in [5, 5.41) is 0. The lowest BCUT2D eigenvalue weighted by atomic mass is 10.1. The van der Waals surface area contributed by atoms with E-state index >= 15 is 0 Å². The van der Waals surface area contributed by atoms with Crippen molar-refractivity contribution < 1.29 is 14.0 Å². The van der Waals surface area contributed by atoms with Crippen molar-refractivity contribution in [3.05, 3.63) is 65.0 Å². The van der Waals surface area contributed by atoms with E-state index in [9.17, 15) is 14.0 Å². The van der Waals surface area contributed by atoms with Crippen molar-refractivity contribution in [3.63, 3.8) is 0 Å². The Kier molecular flexibility index (Phi) is 4.24. The number of anilines is 1. The molecule has 0 N–H and O–H groups in total. The predicted molar refractivity (Wildman–Crippen MR) is 87.2 cm³/mol. The lowest BCUT2D eigenvalue weighted by molar-refractivity contribution is -0.118. The quantitative estimate of drug-likeness (QED) is 0.810. The summed E-state index contributed by atoms with van der Waals surface area (Å²) in [6.45, 7) is 2.18. The van der Waals surface area contributed by atoms with Gasteiger partial charge < -0.3 is 4.90 Å². The molecule has 0 radical (unpaired) electrons. The Morgan fingerprint density at radius 1 is 1.17 bits per heavy atom. The van der Waals surface area contributed by atoms with Crippen molar-refractivity contribution in [1.29, 1.82) is 0 Å². The number of Topliss-reactive ketones (excluding diaryl/α,β-unsaturated/α-hetero) is 1. The van der Waals surface area contributed by atoms with Gasteiger partial charge in [0.15, 0.2) is 5.78 Å². The highest BCUT2D eigenvalue weighted by atomic mass is 19.1. The van der Waals surface area contributed by atoms with E-state index in [4.69, 9.17) is 0 Å². The largest absolute Gasteiger partial charge is 0.312 e. The number of hydrogen-bond donors (Lipinski definition) is 0. The van der Waals surface area contributed by atoms with Crippen LogP contribution in [0.15, 0.2) is 42.5 Å². The topological polar surface area (TPSA) is 37.4 Å². The van der Waals surface area contributed by atoms with Crippen molar-refractivity contribution >= 4 is 17.4 Å². The lowest BCUT2D eigenvalue weighted by Gasteiger charge is -2.17. The van der Waals surface area contributed by atoms with E-state index < -0.39 is 0 Å². The summed E-state index contributed by atoms with van der Waals surface area (Å²) in [6.07, 6.45) is 1.63. The fourth-order valence-electron chi connectivity index (χ4n) is 2.96. The molecule has 23 heavy (non-hydrogen) atoms. The molecule has 4 heteroatoms. The summed E-state index contributed by atoms with van der Waals surface area (Å²) in [7, 11) is 0. The van der Waals surface area contributed by atoms with Gasteiger partial charge >= 0.3 is 0 Å². The zero-order chi connectivity index (χ0) is 16.4. The van der Waals surface area contributed by atoms with E-state index in [1.54, 1.807) is 24.0 Å². The first-order valence-electron chi connectivity index (χ1n) is 7.73. The van der Waals surface area contributed by atoms with Gasteiger partial charge in [-0.05, 0) is 61.2 Å². The van der Waals surface area contributed by atoms with E-state index in [0.29, 0.717) is 24.9 Å². The van der Waals surface area contributed by atoms with Crippen LogP contribution in [0.5, 0.6) is 0 Å². The summed E-state index contributed by atoms with van der Waals surface area (Å²) in [5.41, 5.74) is 3.43. The number of hydrogen-bond acceptors (Lipinski definition) is 2. The van der Waals surface area contributed by atoms with Gasteiger partial charge in [0.05, 0.1) is 0 Å². The van der Waals surface area contributed by atoms with Crippen molar-refractivity contribution in [1.82, 2.24) is 0 Å². The molecule has 0 fully saturated rings. The Labute approximate surface area is 134 Å². The highest BCUT2D eigenvalue weighted by Gasteiger charge is 2.24. The first kappa shape index (κ1) is 15.4. The number of nitrogens with zero attached hydrogens (tertiary/aromatic N) is 1. The monoisotopic (exact) mass is 311 g/mol. The summed E-state index contributed by atoms with van der Waals surface area (Å²) in [5.74, 6) is -0.217. The van der Waals surface area contributed by atoms with E-state index in [-0.39, 0.29) is 17.5 Å². The van der Waals surface area contributed by atoms with Crippen LogP contribution in [0.2, 0.25) is 0 Å². The second-order valence-corrected chi connectivity index (χ2v) is 5.82. The normalized spacial score (nSPS) is 13.0. The molecule has 0 unspecified atom stereocenters. The number of carbonyl (C=O) groups excluding carboxylic acids is 2. The fraction of sp³-hybridized carbons (Fsp3) is 0.263. The molecule has 1 heterocycles. The van der Waals surface area contributed by atoms with Crippen LogP contribution in [0.25, 0.3) is 0 Å². The smallest absolute Gasteiger partial charge is 0.227 e. The number of amides is 1. The molecule has 0 saturated heterocycles. The maximum Gasteiger partial charge on any atom is 0.227 e. The van der Waals surface area contributed by atoms with Gasteiger partial charge in [0.25, 0.3) is 0 Å². The number of rotatable bonds is 4. The van der Waals surface area contributed by atoms with Crippen LogP contribution in [0.4, 0.5) is 10.1 Å². The maximum absolute atomic E-state index is 13.2. The Balaban J connectivity index is 1.69. The molecule has 3 nitrogen and oxygen atoms in total. The van der Waals surface area contributed by atoms with Crippen molar-refractivity contribution in [2.24, 2.45) is 0 Å². The van der Waals surface area contributed by atoms with Gasteiger partial charge in [0.1, 0.15) is 5.82 Å². The zero-order valence-electron chi connectivity index (χ0n) is 13.0. The molecule has 0 bridgehead atoms. The van der Waals surface area contributed by atoms with Crippen LogP contribution in [0.3, 0.4) is 0 Å². The molecular weight excluding hydrogens is 293 g/mol. The van der Waals surface area contributed by atoms with Crippen molar-refractivity contribution in [2.45, 2.75) is 26.2 Å².